The minimum absolute atomic E-state index is 0.367. The van der Waals surface area contributed by atoms with Gasteiger partial charge < -0.3 is 5.32 Å². The molecule has 0 radical (unpaired) electrons. The molecule has 0 amide bonds. The van der Waals surface area contributed by atoms with Crippen LogP contribution < -0.4 is 5.32 Å². The highest BCUT2D eigenvalue weighted by Gasteiger charge is 2.20. The number of hydrogen-bond acceptors (Lipinski definition) is 3. The summed E-state index contributed by atoms with van der Waals surface area (Å²) in [6.45, 7) is 2.03. The maximum atomic E-state index is 11.6. The molecule has 1 fully saturated rings. The fraction of sp³-hybridized carbons (Fsp3) is 0.500. The van der Waals surface area contributed by atoms with Gasteiger partial charge in [-0.3, -0.25) is 4.79 Å². The lowest BCUT2D eigenvalue weighted by molar-refractivity contribution is -0.119. The van der Waals surface area contributed by atoms with Gasteiger partial charge in [0.15, 0.2) is 0 Å². The van der Waals surface area contributed by atoms with Gasteiger partial charge in [0, 0.05) is 17.7 Å². The molecule has 0 atom stereocenters. The Morgan fingerprint density at radius 1 is 1.57 bits per heavy atom. The van der Waals surface area contributed by atoms with Crippen molar-refractivity contribution in [2.45, 2.75) is 12.8 Å². The van der Waals surface area contributed by atoms with Crippen LogP contribution in [-0.2, 0) is 11.2 Å². The molecule has 1 aromatic rings. The topological polar surface area (TPSA) is 29.1 Å². The van der Waals surface area contributed by atoms with Gasteiger partial charge in [0.2, 0.25) is 0 Å². The molecule has 0 saturated carbocycles. The minimum Gasteiger partial charge on any atom is -0.316 e. The summed E-state index contributed by atoms with van der Waals surface area (Å²) in [5.41, 5.74) is 0. The third kappa shape index (κ3) is 2.65. The Labute approximate surface area is 95.8 Å². The summed E-state index contributed by atoms with van der Waals surface area (Å²) in [4.78, 5) is 12.7. The number of rotatable bonds is 4. The number of halogens is 1. The van der Waals surface area contributed by atoms with Crippen LogP contribution in [0.15, 0.2) is 15.9 Å². The maximum Gasteiger partial charge on any atom is 0.138 e. The van der Waals surface area contributed by atoms with E-state index < -0.39 is 0 Å². The molecule has 1 saturated heterocycles. The Kier molecular flexibility index (Phi) is 3.36. The molecule has 0 unspecified atom stereocenters. The van der Waals surface area contributed by atoms with E-state index in [4.69, 9.17) is 0 Å². The third-order valence-electron chi connectivity index (χ3n) is 2.38. The molecule has 1 aromatic heterocycles. The molecule has 14 heavy (non-hydrogen) atoms. The summed E-state index contributed by atoms with van der Waals surface area (Å²) >= 11 is 5.04. The predicted octanol–water partition coefficient (Wildman–Crippen LogP) is 2.23. The highest BCUT2D eigenvalue weighted by molar-refractivity contribution is 9.11. The van der Waals surface area contributed by atoms with Gasteiger partial charge in [-0.1, -0.05) is 0 Å². The molecule has 2 nitrogen and oxygen atoms in total. The van der Waals surface area contributed by atoms with Gasteiger partial charge in [0.1, 0.15) is 5.78 Å². The molecule has 4 heteroatoms. The van der Waals surface area contributed by atoms with Gasteiger partial charge in [-0.15, -0.1) is 11.3 Å². The first kappa shape index (κ1) is 10.3. The highest BCUT2D eigenvalue weighted by atomic mass is 79.9. The number of ketones is 1. The van der Waals surface area contributed by atoms with Crippen LogP contribution in [0, 0.1) is 5.92 Å². The first-order chi connectivity index (χ1) is 6.74. The lowest BCUT2D eigenvalue weighted by Gasteiger charge is -2.26. The molecular formula is C10H12BrNOS. The Balaban J connectivity index is 1.81. The van der Waals surface area contributed by atoms with Gasteiger partial charge in [-0.2, -0.15) is 0 Å². The smallest absolute Gasteiger partial charge is 0.138 e. The molecule has 0 bridgehead atoms. The second-order valence-electron chi connectivity index (χ2n) is 3.65. The van der Waals surface area contributed by atoms with Crippen molar-refractivity contribution >= 4 is 33.0 Å². The lowest BCUT2D eigenvalue weighted by atomic mass is 9.95. The van der Waals surface area contributed by atoms with E-state index in [1.54, 1.807) is 11.3 Å². The van der Waals surface area contributed by atoms with Gasteiger partial charge in [-0.25, -0.2) is 0 Å². The highest BCUT2D eigenvalue weighted by Crippen LogP contribution is 2.23. The zero-order chi connectivity index (χ0) is 9.97. The average Bonchev–Trinajstić information content (AvgIpc) is 2.44. The molecule has 1 aliphatic rings. The largest absolute Gasteiger partial charge is 0.316 e. The quantitative estimate of drug-likeness (QED) is 0.912. The molecule has 76 valence electrons. The second kappa shape index (κ2) is 4.55. The SMILES string of the molecule is O=C(Cc1ccc(Br)s1)CC1CNC1. The van der Waals surface area contributed by atoms with Crippen LogP contribution in [0.4, 0.5) is 0 Å². The van der Waals surface area contributed by atoms with Crippen LogP contribution in [0.25, 0.3) is 0 Å². The standard InChI is InChI=1S/C10H12BrNOS/c11-10-2-1-9(14-10)4-8(13)3-7-5-12-6-7/h1-2,7,12H,3-6H2. The van der Waals surface area contributed by atoms with Crippen molar-refractivity contribution in [1.82, 2.24) is 5.32 Å². The second-order valence-corrected chi connectivity index (χ2v) is 6.20. The van der Waals surface area contributed by atoms with E-state index in [9.17, 15) is 4.79 Å². The number of nitrogens with one attached hydrogen (secondary N) is 1. The lowest BCUT2D eigenvalue weighted by Crippen LogP contribution is -2.43. The van der Waals surface area contributed by atoms with Crippen molar-refractivity contribution in [3.63, 3.8) is 0 Å². The first-order valence-corrected chi connectivity index (χ1v) is 6.31. The van der Waals surface area contributed by atoms with Crippen LogP contribution in [0.5, 0.6) is 0 Å². The zero-order valence-electron chi connectivity index (χ0n) is 7.75. The Bertz CT molecular complexity index is 333. The van der Waals surface area contributed by atoms with Gasteiger partial charge in [0.25, 0.3) is 0 Å². The van der Waals surface area contributed by atoms with E-state index in [0.29, 0.717) is 18.1 Å². The number of carbonyl (C=O) groups excluding carboxylic acids is 1. The van der Waals surface area contributed by atoms with Gasteiger partial charge in [-0.05, 0) is 47.1 Å². The van der Waals surface area contributed by atoms with Crippen LogP contribution in [0.3, 0.4) is 0 Å². The molecule has 1 N–H and O–H groups in total. The Hall–Kier alpha value is -0.190. The summed E-state index contributed by atoms with van der Waals surface area (Å²) in [5, 5.41) is 3.18. The average molecular weight is 274 g/mol. The molecule has 1 aliphatic heterocycles. The number of thiophene rings is 1. The molecule has 0 aromatic carbocycles. The molecule has 2 heterocycles. The number of Topliss-reactive ketones (excluding diaryl/α,β-unsaturated/α-hetero) is 1. The fourth-order valence-electron chi connectivity index (χ4n) is 1.53. The predicted molar refractivity (Wildman–Crippen MR) is 61.7 cm³/mol. The fourth-order valence-corrected chi connectivity index (χ4v) is 3.04. The van der Waals surface area contributed by atoms with E-state index in [0.717, 1.165) is 28.2 Å². The van der Waals surface area contributed by atoms with Crippen LogP contribution in [0.2, 0.25) is 0 Å². The molecular weight excluding hydrogens is 262 g/mol. The van der Waals surface area contributed by atoms with Crippen molar-refractivity contribution < 1.29 is 4.79 Å². The van der Waals surface area contributed by atoms with Gasteiger partial charge in [0.05, 0.1) is 3.79 Å². The van der Waals surface area contributed by atoms with E-state index in [2.05, 4.69) is 21.2 Å². The van der Waals surface area contributed by atoms with Gasteiger partial charge >= 0.3 is 0 Å². The van der Waals surface area contributed by atoms with Crippen molar-refractivity contribution in [3.05, 3.63) is 20.8 Å². The van der Waals surface area contributed by atoms with Crippen LogP contribution >= 0.6 is 27.3 Å². The minimum atomic E-state index is 0.367. The molecule has 2 rings (SSSR count). The van der Waals surface area contributed by atoms with Crippen molar-refractivity contribution in [1.29, 1.82) is 0 Å². The van der Waals surface area contributed by atoms with E-state index in [1.165, 1.54) is 0 Å². The van der Waals surface area contributed by atoms with Crippen LogP contribution in [-0.4, -0.2) is 18.9 Å². The van der Waals surface area contributed by atoms with Crippen molar-refractivity contribution in [2.75, 3.05) is 13.1 Å². The summed E-state index contributed by atoms with van der Waals surface area (Å²) in [7, 11) is 0. The van der Waals surface area contributed by atoms with Crippen LogP contribution in [0.1, 0.15) is 11.3 Å². The van der Waals surface area contributed by atoms with E-state index in [1.807, 2.05) is 12.1 Å². The normalized spacial score (nSPS) is 16.6. The molecule has 0 aliphatic carbocycles. The monoisotopic (exact) mass is 273 g/mol. The van der Waals surface area contributed by atoms with Crippen molar-refractivity contribution in [3.8, 4) is 0 Å². The first-order valence-electron chi connectivity index (χ1n) is 4.70. The Morgan fingerprint density at radius 2 is 2.36 bits per heavy atom. The maximum absolute atomic E-state index is 11.6. The number of hydrogen-bond donors (Lipinski definition) is 1. The summed E-state index contributed by atoms with van der Waals surface area (Å²) in [5.74, 6) is 0.955. The summed E-state index contributed by atoms with van der Waals surface area (Å²) in [6, 6.07) is 4.02. The van der Waals surface area contributed by atoms with Crippen molar-refractivity contribution in [2.24, 2.45) is 5.92 Å². The number of carbonyl (C=O) groups is 1. The molecule has 0 spiro atoms. The third-order valence-corrected chi connectivity index (χ3v) is 4.01. The van der Waals surface area contributed by atoms with E-state index >= 15 is 0 Å². The summed E-state index contributed by atoms with van der Waals surface area (Å²) < 4.78 is 1.10. The zero-order valence-corrected chi connectivity index (χ0v) is 10.2. The summed E-state index contributed by atoms with van der Waals surface area (Å²) in [6.07, 6.45) is 1.34. The van der Waals surface area contributed by atoms with E-state index in [-0.39, 0.29) is 0 Å². The Morgan fingerprint density at radius 3 is 2.86 bits per heavy atom.